The Kier molecular flexibility index (Phi) is 7.19. The van der Waals surface area contributed by atoms with E-state index in [1.165, 1.54) is 6.92 Å². The third-order valence-corrected chi connectivity index (χ3v) is 9.72. The molecule has 0 bridgehead atoms. The molecular formula is C30H35F5N8O2. The minimum absolute atomic E-state index is 0.0917. The minimum atomic E-state index is -4.87. The molecule has 0 amide bonds. The van der Waals surface area contributed by atoms with Gasteiger partial charge in [0, 0.05) is 32.1 Å². The van der Waals surface area contributed by atoms with Crippen molar-refractivity contribution < 1.29 is 31.4 Å². The van der Waals surface area contributed by atoms with E-state index in [2.05, 4.69) is 25.2 Å². The number of nitrogen functional groups attached to an aromatic ring is 1. The summed E-state index contributed by atoms with van der Waals surface area (Å²) in [4.78, 5) is 21.5. The van der Waals surface area contributed by atoms with Crippen molar-refractivity contribution in [3.63, 3.8) is 0 Å². The fourth-order valence-corrected chi connectivity index (χ4v) is 7.52. The molecule has 3 aromatic rings. The predicted molar refractivity (Wildman–Crippen MR) is 157 cm³/mol. The molecule has 7 rings (SSSR count). The number of hydrogen-bond acceptors (Lipinski definition) is 10. The van der Waals surface area contributed by atoms with E-state index in [1.807, 2.05) is 18.7 Å². The number of ether oxygens (including phenoxy) is 2. The maximum atomic E-state index is 16.7. The van der Waals surface area contributed by atoms with E-state index in [4.69, 9.17) is 20.2 Å². The highest BCUT2D eigenvalue weighted by atomic mass is 19.4. The summed E-state index contributed by atoms with van der Waals surface area (Å²) >= 11 is 0. The van der Waals surface area contributed by atoms with E-state index < -0.39 is 46.8 Å². The molecule has 15 heteroatoms. The molecular weight excluding hydrogens is 599 g/mol. The largest absolute Gasteiger partial charge is 0.472 e. The highest BCUT2D eigenvalue weighted by molar-refractivity contribution is 5.97. The van der Waals surface area contributed by atoms with Crippen LogP contribution in [0.5, 0.6) is 11.9 Å². The number of piperazine rings is 1. The third-order valence-electron chi connectivity index (χ3n) is 9.72. The van der Waals surface area contributed by atoms with Gasteiger partial charge in [-0.2, -0.15) is 23.1 Å². The van der Waals surface area contributed by atoms with Crippen molar-refractivity contribution in [1.29, 1.82) is 0 Å². The van der Waals surface area contributed by atoms with Crippen LogP contribution in [-0.2, 0) is 6.18 Å². The van der Waals surface area contributed by atoms with Crippen molar-refractivity contribution in [2.45, 2.75) is 82.5 Å². The Morgan fingerprint density at radius 2 is 1.98 bits per heavy atom. The number of fused-ring (bicyclic) bond motifs is 3. The molecule has 0 saturated carbocycles. The van der Waals surface area contributed by atoms with Gasteiger partial charge in [0.15, 0.2) is 5.82 Å². The topological polar surface area (TPSA) is 115 Å². The number of aromatic nitrogens is 4. The van der Waals surface area contributed by atoms with Gasteiger partial charge in [-0.25, -0.2) is 18.7 Å². The molecule has 3 N–H and O–H groups in total. The lowest BCUT2D eigenvalue weighted by Gasteiger charge is -2.42. The van der Waals surface area contributed by atoms with Gasteiger partial charge in [-0.05, 0) is 51.3 Å². The van der Waals surface area contributed by atoms with Gasteiger partial charge >= 0.3 is 12.2 Å². The number of rotatable bonds is 5. The van der Waals surface area contributed by atoms with Gasteiger partial charge < -0.3 is 25.4 Å². The Morgan fingerprint density at radius 1 is 1.18 bits per heavy atom. The summed E-state index contributed by atoms with van der Waals surface area (Å²) in [5.74, 6) is -1.14. The van der Waals surface area contributed by atoms with E-state index >= 15 is 4.39 Å². The monoisotopic (exact) mass is 634 g/mol. The summed E-state index contributed by atoms with van der Waals surface area (Å²) in [5, 5.41) is 3.63. The standard InChI is InChI=1S/C30H35F5N8O2/c1-4-17-12-43-18(10-37-17)15(3)45-27-20-23(22(32)25(39-27)24-21(30(33,34)35)14(2)8-19(36)38-24)40-28(41-26(20)43)44-13-29-6-5-7-42(29)11-16(31)9-29/h8,15-18,37H,4-7,9-13H2,1-3H3,(H2,36,38)/t15-,16+,17+,18-,29-/m0/s1. The van der Waals surface area contributed by atoms with Crippen molar-refractivity contribution in [2.75, 3.05) is 43.4 Å². The third kappa shape index (κ3) is 4.98. The molecule has 0 unspecified atom stereocenters. The van der Waals surface area contributed by atoms with Gasteiger partial charge in [-0.3, -0.25) is 4.90 Å². The Labute approximate surface area is 256 Å². The van der Waals surface area contributed by atoms with Crippen LogP contribution < -0.4 is 25.4 Å². The van der Waals surface area contributed by atoms with Gasteiger partial charge in [0.1, 0.15) is 52.8 Å². The number of nitrogens with two attached hydrogens (primary N) is 1. The zero-order valence-electron chi connectivity index (χ0n) is 25.2. The van der Waals surface area contributed by atoms with Crippen molar-refractivity contribution in [1.82, 2.24) is 30.2 Å². The summed E-state index contributed by atoms with van der Waals surface area (Å²) in [5.41, 5.74) is 2.20. The Morgan fingerprint density at radius 3 is 2.73 bits per heavy atom. The van der Waals surface area contributed by atoms with E-state index in [0.29, 0.717) is 31.9 Å². The molecule has 242 valence electrons. The summed E-state index contributed by atoms with van der Waals surface area (Å²) in [6.45, 7) is 7.31. The summed E-state index contributed by atoms with van der Waals surface area (Å²) < 4.78 is 86.5. The van der Waals surface area contributed by atoms with E-state index in [-0.39, 0.29) is 52.9 Å². The highest BCUT2D eigenvalue weighted by Crippen LogP contribution is 2.45. The van der Waals surface area contributed by atoms with Crippen LogP contribution in [-0.4, -0.2) is 87.5 Å². The van der Waals surface area contributed by atoms with Gasteiger partial charge in [0.2, 0.25) is 5.88 Å². The van der Waals surface area contributed by atoms with Crippen LogP contribution in [0.4, 0.5) is 33.6 Å². The fraction of sp³-hybridized carbons (Fsp3) is 0.600. The molecule has 3 fully saturated rings. The molecule has 4 aliphatic rings. The SMILES string of the molecule is CC[C@@H]1CN2c3nc(OC[C@@]45CCCN4C[C@H](F)C5)nc4c(F)c(-c5nc(N)cc(C)c5C(F)(F)F)nc(c34)O[C@@H](C)[C@@H]2CN1. The number of alkyl halides is 4. The van der Waals surface area contributed by atoms with Crippen molar-refractivity contribution >= 4 is 22.5 Å². The zero-order valence-corrected chi connectivity index (χ0v) is 25.2. The number of hydrogen-bond donors (Lipinski definition) is 2. The molecule has 3 aromatic heterocycles. The molecule has 45 heavy (non-hydrogen) atoms. The Bertz CT molecular complexity index is 1660. The Balaban J connectivity index is 1.43. The van der Waals surface area contributed by atoms with E-state index in [0.717, 1.165) is 31.9 Å². The van der Waals surface area contributed by atoms with Gasteiger partial charge in [0.25, 0.3) is 0 Å². The first-order valence-corrected chi connectivity index (χ1v) is 15.3. The smallest absolute Gasteiger partial charge is 0.418 e. The first-order chi connectivity index (χ1) is 21.4. The second-order valence-electron chi connectivity index (χ2n) is 12.6. The second kappa shape index (κ2) is 10.7. The van der Waals surface area contributed by atoms with Crippen LogP contribution >= 0.6 is 0 Å². The number of anilines is 2. The maximum Gasteiger partial charge on any atom is 0.418 e. The normalized spacial score (nSPS) is 28.1. The van der Waals surface area contributed by atoms with Gasteiger partial charge in [-0.15, -0.1) is 0 Å². The number of nitrogens with zero attached hydrogens (tertiary/aromatic N) is 6. The summed E-state index contributed by atoms with van der Waals surface area (Å²) in [6, 6.07) is 0.762. The average Bonchev–Trinajstić information content (AvgIpc) is 3.47. The number of pyridine rings is 2. The molecule has 0 radical (unpaired) electrons. The summed E-state index contributed by atoms with van der Waals surface area (Å²) in [7, 11) is 0. The predicted octanol–water partition coefficient (Wildman–Crippen LogP) is 4.43. The lowest BCUT2D eigenvalue weighted by atomic mass is 9.95. The fourth-order valence-electron chi connectivity index (χ4n) is 7.52. The summed E-state index contributed by atoms with van der Waals surface area (Å²) in [6.07, 6.45) is -3.59. The van der Waals surface area contributed by atoms with Crippen LogP contribution in [0, 0.1) is 12.7 Å². The number of aryl methyl sites for hydroxylation is 1. The van der Waals surface area contributed by atoms with Crippen molar-refractivity contribution in [3.05, 3.63) is 23.0 Å². The van der Waals surface area contributed by atoms with Crippen LogP contribution in [0.25, 0.3) is 22.3 Å². The number of nitrogens with one attached hydrogen (secondary N) is 1. The lowest BCUT2D eigenvalue weighted by Crippen LogP contribution is -2.60. The van der Waals surface area contributed by atoms with Crippen LogP contribution in [0.3, 0.4) is 0 Å². The van der Waals surface area contributed by atoms with Gasteiger partial charge in [0.05, 0.1) is 17.1 Å². The van der Waals surface area contributed by atoms with Gasteiger partial charge in [-0.1, -0.05) is 6.92 Å². The first kappa shape index (κ1) is 30.1. The van der Waals surface area contributed by atoms with Crippen LogP contribution in [0.1, 0.15) is 50.7 Å². The molecule has 10 nitrogen and oxygen atoms in total. The Hall–Kier alpha value is -3.59. The minimum Gasteiger partial charge on any atom is -0.472 e. The zero-order chi connectivity index (χ0) is 31.8. The first-order valence-electron chi connectivity index (χ1n) is 15.3. The molecule has 3 saturated heterocycles. The quantitative estimate of drug-likeness (QED) is 0.391. The molecule has 0 aromatic carbocycles. The van der Waals surface area contributed by atoms with E-state index in [1.54, 1.807) is 0 Å². The molecule has 0 spiro atoms. The molecule has 0 aliphatic carbocycles. The molecule has 7 heterocycles. The van der Waals surface area contributed by atoms with Crippen LogP contribution in [0.15, 0.2) is 6.07 Å². The molecule has 5 atom stereocenters. The lowest BCUT2D eigenvalue weighted by molar-refractivity contribution is -0.137. The second-order valence-corrected chi connectivity index (χ2v) is 12.6. The van der Waals surface area contributed by atoms with Crippen molar-refractivity contribution in [2.24, 2.45) is 0 Å². The van der Waals surface area contributed by atoms with Crippen molar-refractivity contribution in [3.8, 4) is 23.3 Å². The average molecular weight is 635 g/mol. The number of halogens is 5. The highest BCUT2D eigenvalue weighted by Gasteiger charge is 2.50. The maximum absolute atomic E-state index is 16.7. The van der Waals surface area contributed by atoms with Crippen LogP contribution in [0.2, 0.25) is 0 Å². The molecule has 4 aliphatic heterocycles. The van der Waals surface area contributed by atoms with E-state index in [9.17, 15) is 17.6 Å².